The third kappa shape index (κ3) is 3.91. The summed E-state index contributed by atoms with van der Waals surface area (Å²) in [5, 5.41) is 9.35. The van der Waals surface area contributed by atoms with Crippen LogP contribution in [0.15, 0.2) is 48.5 Å². The summed E-state index contributed by atoms with van der Waals surface area (Å²) in [7, 11) is 4.13. The summed E-state index contributed by atoms with van der Waals surface area (Å²) in [4.78, 5) is 13.6. The van der Waals surface area contributed by atoms with Gasteiger partial charge in [-0.3, -0.25) is 0 Å². The number of carboxylic acids is 1. The molecule has 1 N–H and O–H groups in total. The summed E-state index contributed by atoms with van der Waals surface area (Å²) in [6, 6.07) is 13.2. The number of benzene rings is 2. The normalized spacial score (nSPS) is 14.6. The van der Waals surface area contributed by atoms with Crippen molar-refractivity contribution < 1.29 is 14.6 Å². The van der Waals surface area contributed by atoms with Crippen LogP contribution in [0.3, 0.4) is 0 Å². The van der Waals surface area contributed by atoms with E-state index in [9.17, 15) is 9.90 Å². The number of unbranched alkanes of at least 4 members (excludes halogenated alkanes) is 1. The van der Waals surface area contributed by atoms with Gasteiger partial charge in [-0.25, -0.2) is 4.79 Å². The minimum absolute atomic E-state index is 0.279. The van der Waals surface area contributed by atoms with Crippen molar-refractivity contribution in [2.45, 2.75) is 19.4 Å². The minimum Gasteiger partial charge on any atom is -0.488 e. The predicted molar refractivity (Wildman–Crippen MR) is 99.0 cm³/mol. The molecule has 3 rings (SSSR count). The summed E-state index contributed by atoms with van der Waals surface area (Å²) in [6.45, 7) is 1.51. The van der Waals surface area contributed by atoms with E-state index >= 15 is 0 Å². The number of aromatic carboxylic acids is 1. The third-order valence-corrected chi connectivity index (χ3v) is 4.37. The molecule has 0 bridgehead atoms. The Morgan fingerprint density at radius 1 is 1.20 bits per heavy atom. The first-order chi connectivity index (χ1) is 12.1. The SMILES string of the molecule is CN(C)CCC/C=C1\c2ccccc2COc2ccc(C(=O)O)cc21. The molecular formula is C21H23NO3. The number of carbonyl (C=O) groups is 1. The molecule has 0 aromatic heterocycles. The Hall–Kier alpha value is -2.59. The lowest BCUT2D eigenvalue weighted by Crippen LogP contribution is -2.12. The molecule has 25 heavy (non-hydrogen) atoms. The quantitative estimate of drug-likeness (QED) is 0.836. The Balaban J connectivity index is 2.05. The van der Waals surface area contributed by atoms with Crippen molar-refractivity contribution in [2.75, 3.05) is 20.6 Å². The van der Waals surface area contributed by atoms with Gasteiger partial charge in [0.1, 0.15) is 12.4 Å². The summed E-state index contributed by atoms with van der Waals surface area (Å²) < 4.78 is 5.94. The number of hydrogen-bond donors (Lipinski definition) is 1. The summed E-state index contributed by atoms with van der Waals surface area (Å²) in [5.41, 5.74) is 4.43. The zero-order chi connectivity index (χ0) is 17.8. The van der Waals surface area contributed by atoms with Crippen LogP contribution in [-0.4, -0.2) is 36.6 Å². The average molecular weight is 337 g/mol. The van der Waals surface area contributed by atoms with Gasteiger partial charge in [-0.05, 0) is 68.4 Å². The van der Waals surface area contributed by atoms with Crippen LogP contribution in [0.2, 0.25) is 0 Å². The highest BCUT2D eigenvalue weighted by Gasteiger charge is 2.20. The maximum absolute atomic E-state index is 11.4. The smallest absolute Gasteiger partial charge is 0.335 e. The Morgan fingerprint density at radius 2 is 2.00 bits per heavy atom. The Kier molecular flexibility index (Phi) is 5.19. The first kappa shape index (κ1) is 17.2. The van der Waals surface area contributed by atoms with Crippen molar-refractivity contribution in [1.82, 2.24) is 4.90 Å². The van der Waals surface area contributed by atoms with E-state index in [2.05, 4.69) is 37.2 Å². The van der Waals surface area contributed by atoms with Crippen LogP contribution in [0.4, 0.5) is 0 Å². The molecule has 0 amide bonds. The van der Waals surface area contributed by atoms with Gasteiger partial charge in [0.2, 0.25) is 0 Å². The molecule has 0 spiro atoms. The first-order valence-corrected chi connectivity index (χ1v) is 8.50. The Labute approximate surface area is 148 Å². The first-order valence-electron chi connectivity index (χ1n) is 8.50. The average Bonchev–Trinajstić information content (AvgIpc) is 2.75. The zero-order valence-corrected chi connectivity index (χ0v) is 14.7. The molecule has 0 fully saturated rings. The highest BCUT2D eigenvalue weighted by atomic mass is 16.5. The second-order valence-electron chi connectivity index (χ2n) is 6.53. The summed E-state index contributed by atoms with van der Waals surface area (Å²) in [6.07, 6.45) is 4.19. The molecule has 2 aromatic rings. The van der Waals surface area contributed by atoms with Gasteiger partial charge in [0.15, 0.2) is 0 Å². The van der Waals surface area contributed by atoms with E-state index in [0.717, 1.165) is 47.4 Å². The molecule has 0 saturated carbocycles. The molecule has 1 aliphatic rings. The Morgan fingerprint density at radius 3 is 2.76 bits per heavy atom. The number of carboxylic acid groups (broad SMARTS) is 1. The number of nitrogens with zero attached hydrogens (tertiary/aromatic N) is 1. The molecule has 1 aliphatic heterocycles. The lowest BCUT2D eigenvalue weighted by Gasteiger charge is -2.12. The van der Waals surface area contributed by atoms with E-state index in [1.54, 1.807) is 18.2 Å². The van der Waals surface area contributed by atoms with Crippen LogP contribution >= 0.6 is 0 Å². The highest BCUT2D eigenvalue weighted by Crippen LogP contribution is 2.37. The van der Waals surface area contributed by atoms with Gasteiger partial charge in [0.25, 0.3) is 0 Å². The number of fused-ring (bicyclic) bond motifs is 2. The van der Waals surface area contributed by atoms with Gasteiger partial charge < -0.3 is 14.7 Å². The fourth-order valence-electron chi connectivity index (χ4n) is 3.08. The van der Waals surface area contributed by atoms with E-state index in [1.807, 2.05) is 12.1 Å². The topological polar surface area (TPSA) is 49.8 Å². The van der Waals surface area contributed by atoms with E-state index in [4.69, 9.17) is 4.74 Å². The van der Waals surface area contributed by atoms with Gasteiger partial charge in [-0.15, -0.1) is 0 Å². The summed E-state index contributed by atoms with van der Waals surface area (Å²) >= 11 is 0. The fraction of sp³-hybridized carbons (Fsp3) is 0.286. The molecular weight excluding hydrogens is 314 g/mol. The molecule has 4 heteroatoms. The maximum Gasteiger partial charge on any atom is 0.335 e. The molecule has 0 radical (unpaired) electrons. The van der Waals surface area contributed by atoms with Gasteiger partial charge >= 0.3 is 5.97 Å². The van der Waals surface area contributed by atoms with E-state index in [-0.39, 0.29) is 5.56 Å². The van der Waals surface area contributed by atoms with Crippen LogP contribution < -0.4 is 4.74 Å². The fourth-order valence-corrected chi connectivity index (χ4v) is 3.08. The predicted octanol–water partition coefficient (Wildman–Crippen LogP) is 4.05. The number of hydrogen-bond acceptors (Lipinski definition) is 3. The van der Waals surface area contributed by atoms with Gasteiger partial charge in [-0.1, -0.05) is 30.3 Å². The van der Waals surface area contributed by atoms with Gasteiger partial charge in [-0.2, -0.15) is 0 Å². The molecule has 1 heterocycles. The number of ether oxygens (including phenoxy) is 1. The lowest BCUT2D eigenvalue weighted by molar-refractivity contribution is 0.0697. The number of rotatable bonds is 5. The van der Waals surface area contributed by atoms with Crippen molar-refractivity contribution in [3.05, 3.63) is 70.8 Å². The largest absolute Gasteiger partial charge is 0.488 e. The number of allylic oxidation sites excluding steroid dienone is 1. The molecule has 0 saturated heterocycles. The lowest BCUT2D eigenvalue weighted by atomic mass is 9.92. The molecule has 0 aliphatic carbocycles. The standard InChI is InChI=1S/C21H23NO3/c1-22(2)12-6-5-9-18-17-8-4-3-7-16(17)14-25-20-11-10-15(21(23)24)13-19(18)20/h3-4,7-11,13H,5-6,12,14H2,1-2H3,(H,23,24)/b18-9+. The third-order valence-electron chi connectivity index (χ3n) is 4.37. The molecule has 4 nitrogen and oxygen atoms in total. The van der Waals surface area contributed by atoms with E-state index in [0.29, 0.717) is 6.61 Å². The zero-order valence-electron chi connectivity index (χ0n) is 14.7. The maximum atomic E-state index is 11.4. The van der Waals surface area contributed by atoms with Crippen molar-refractivity contribution in [3.63, 3.8) is 0 Å². The van der Waals surface area contributed by atoms with Crippen molar-refractivity contribution in [1.29, 1.82) is 0 Å². The Bertz CT molecular complexity index is 809. The van der Waals surface area contributed by atoms with E-state index < -0.39 is 5.97 Å². The van der Waals surface area contributed by atoms with Gasteiger partial charge in [0.05, 0.1) is 5.56 Å². The molecule has 130 valence electrons. The summed E-state index contributed by atoms with van der Waals surface area (Å²) in [5.74, 6) is -0.188. The second kappa shape index (κ2) is 7.53. The van der Waals surface area contributed by atoms with Crippen molar-refractivity contribution >= 4 is 11.5 Å². The van der Waals surface area contributed by atoms with Crippen molar-refractivity contribution in [2.24, 2.45) is 0 Å². The van der Waals surface area contributed by atoms with Crippen LogP contribution in [0.25, 0.3) is 5.57 Å². The molecule has 0 unspecified atom stereocenters. The van der Waals surface area contributed by atoms with Crippen LogP contribution in [0.1, 0.15) is 39.9 Å². The van der Waals surface area contributed by atoms with E-state index in [1.165, 1.54) is 0 Å². The van der Waals surface area contributed by atoms with Crippen LogP contribution in [-0.2, 0) is 6.61 Å². The van der Waals surface area contributed by atoms with Crippen molar-refractivity contribution in [3.8, 4) is 5.75 Å². The second-order valence-corrected chi connectivity index (χ2v) is 6.53. The van der Waals surface area contributed by atoms with Crippen LogP contribution in [0.5, 0.6) is 5.75 Å². The van der Waals surface area contributed by atoms with Crippen LogP contribution in [0, 0.1) is 0 Å². The van der Waals surface area contributed by atoms with Gasteiger partial charge in [0, 0.05) is 5.56 Å². The minimum atomic E-state index is -0.924. The highest BCUT2D eigenvalue weighted by molar-refractivity contribution is 5.92. The molecule has 0 atom stereocenters. The molecule has 2 aromatic carbocycles. The monoisotopic (exact) mass is 337 g/mol.